The number of rotatable bonds is 5. The third-order valence-corrected chi connectivity index (χ3v) is 3.56. The lowest BCUT2D eigenvalue weighted by atomic mass is 10.00. The number of piperidine rings is 1. The molecule has 1 aliphatic rings. The summed E-state index contributed by atoms with van der Waals surface area (Å²) in [5.74, 6) is -0.289. The highest BCUT2D eigenvalue weighted by Gasteiger charge is 2.30. The van der Waals surface area contributed by atoms with Crippen LogP contribution in [-0.4, -0.2) is 36.6 Å². The topological polar surface area (TPSA) is 55.6 Å². The summed E-state index contributed by atoms with van der Waals surface area (Å²) in [5, 5.41) is 0. The van der Waals surface area contributed by atoms with Crippen molar-refractivity contribution in [2.45, 2.75) is 31.9 Å². The molecule has 0 aromatic heterocycles. The molecule has 2 N–H and O–H groups in total. The highest BCUT2D eigenvalue weighted by molar-refractivity contribution is 5.81. The first-order valence-corrected chi connectivity index (χ1v) is 6.92. The fourth-order valence-electron chi connectivity index (χ4n) is 2.76. The average Bonchev–Trinajstić information content (AvgIpc) is 2.40. The van der Waals surface area contributed by atoms with Gasteiger partial charge in [0.15, 0.2) is 0 Å². The minimum absolute atomic E-state index is 0.212. The van der Waals surface area contributed by atoms with Crippen molar-refractivity contribution in [2.24, 2.45) is 5.73 Å². The van der Waals surface area contributed by atoms with E-state index in [1.165, 1.54) is 0 Å². The number of carbonyl (C=O) groups is 1. The summed E-state index contributed by atoms with van der Waals surface area (Å²) < 4.78 is 5.69. The van der Waals surface area contributed by atoms with Crippen LogP contribution in [0, 0.1) is 0 Å². The number of carbonyl (C=O) groups excluding carboxylic acids is 1. The Kier molecular flexibility index (Phi) is 4.93. The molecular weight excluding hydrogens is 240 g/mol. The molecule has 104 valence electrons. The Balaban J connectivity index is 2.13. The van der Waals surface area contributed by atoms with Crippen molar-refractivity contribution in [3.63, 3.8) is 0 Å². The number of hydrogen-bond donors (Lipinski definition) is 1. The Morgan fingerprint density at radius 3 is 2.84 bits per heavy atom. The molecule has 1 saturated heterocycles. The van der Waals surface area contributed by atoms with Crippen LogP contribution in [-0.2, 0) is 9.53 Å². The van der Waals surface area contributed by atoms with Crippen molar-refractivity contribution in [1.29, 1.82) is 0 Å². The molecule has 1 fully saturated rings. The van der Waals surface area contributed by atoms with Gasteiger partial charge in [-0.1, -0.05) is 30.3 Å². The molecular formula is C15H22N2O2. The fraction of sp³-hybridized carbons (Fsp3) is 0.533. The van der Waals surface area contributed by atoms with Gasteiger partial charge in [-0.25, -0.2) is 0 Å². The second-order valence-electron chi connectivity index (χ2n) is 4.93. The first-order valence-electron chi connectivity index (χ1n) is 6.92. The van der Waals surface area contributed by atoms with Gasteiger partial charge in [-0.05, 0) is 31.9 Å². The Morgan fingerprint density at radius 2 is 2.21 bits per heavy atom. The van der Waals surface area contributed by atoms with E-state index in [4.69, 9.17) is 10.5 Å². The monoisotopic (exact) mass is 262 g/mol. The lowest BCUT2D eigenvalue weighted by Crippen LogP contribution is -2.46. The third kappa shape index (κ3) is 3.55. The molecule has 0 aliphatic carbocycles. The van der Waals surface area contributed by atoms with Gasteiger partial charge in [-0.2, -0.15) is 0 Å². The Morgan fingerprint density at radius 1 is 1.47 bits per heavy atom. The van der Waals surface area contributed by atoms with Crippen molar-refractivity contribution < 1.29 is 9.53 Å². The third-order valence-electron chi connectivity index (χ3n) is 3.56. The maximum absolute atomic E-state index is 11.8. The van der Waals surface area contributed by atoms with E-state index >= 15 is 0 Å². The lowest BCUT2D eigenvalue weighted by molar-refractivity contribution is -0.125. The van der Waals surface area contributed by atoms with Gasteiger partial charge in [0.1, 0.15) is 6.04 Å². The van der Waals surface area contributed by atoms with E-state index in [-0.39, 0.29) is 18.1 Å². The maximum Gasteiger partial charge on any atom is 0.239 e. The van der Waals surface area contributed by atoms with Crippen LogP contribution >= 0.6 is 0 Å². The molecule has 2 rings (SSSR count). The molecule has 1 aromatic carbocycles. The summed E-state index contributed by atoms with van der Waals surface area (Å²) in [6.07, 6.45) is 2.32. The molecule has 2 atom stereocenters. The van der Waals surface area contributed by atoms with Gasteiger partial charge in [0.2, 0.25) is 5.91 Å². The molecule has 1 amide bonds. The summed E-state index contributed by atoms with van der Waals surface area (Å²) in [6, 6.07) is 9.40. The van der Waals surface area contributed by atoms with Crippen molar-refractivity contribution in [3.8, 4) is 0 Å². The summed E-state index contributed by atoms with van der Waals surface area (Å²) in [7, 11) is 0. The summed E-state index contributed by atoms with van der Waals surface area (Å²) in [4.78, 5) is 13.9. The minimum Gasteiger partial charge on any atom is -0.377 e. The van der Waals surface area contributed by atoms with Crippen LogP contribution in [0.2, 0.25) is 0 Å². The van der Waals surface area contributed by atoms with E-state index in [0.717, 1.165) is 31.5 Å². The van der Waals surface area contributed by atoms with Crippen LogP contribution in [0.5, 0.6) is 0 Å². The molecule has 0 spiro atoms. The van der Waals surface area contributed by atoms with Gasteiger partial charge in [-0.3, -0.25) is 9.69 Å². The van der Waals surface area contributed by atoms with E-state index in [9.17, 15) is 4.79 Å². The molecule has 4 heteroatoms. The quantitative estimate of drug-likeness (QED) is 0.879. The van der Waals surface area contributed by atoms with Crippen molar-refractivity contribution in [3.05, 3.63) is 35.9 Å². The minimum atomic E-state index is -0.343. The van der Waals surface area contributed by atoms with Gasteiger partial charge in [0.05, 0.1) is 6.10 Å². The van der Waals surface area contributed by atoms with Crippen LogP contribution in [0.25, 0.3) is 0 Å². The molecule has 1 aromatic rings. The zero-order valence-corrected chi connectivity index (χ0v) is 11.4. The molecule has 1 heterocycles. The molecule has 4 nitrogen and oxygen atoms in total. The zero-order valence-electron chi connectivity index (χ0n) is 11.4. The number of benzene rings is 1. The van der Waals surface area contributed by atoms with Crippen molar-refractivity contribution in [2.75, 3.05) is 19.7 Å². The van der Waals surface area contributed by atoms with Crippen LogP contribution < -0.4 is 5.73 Å². The number of primary amides is 1. The van der Waals surface area contributed by atoms with E-state index in [1.807, 2.05) is 37.3 Å². The van der Waals surface area contributed by atoms with Crippen LogP contribution in [0.3, 0.4) is 0 Å². The van der Waals surface area contributed by atoms with Gasteiger partial charge in [0, 0.05) is 13.2 Å². The standard InChI is InChI=1S/C15H22N2O2/c1-2-19-13-9-6-10-17(11-13)14(15(16)18)12-7-4-3-5-8-12/h3-5,7-8,13-14H,2,6,9-11H2,1H3,(H2,16,18). The van der Waals surface area contributed by atoms with E-state index < -0.39 is 0 Å². The van der Waals surface area contributed by atoms with E-state index in [0.29, 0.717) is 6.61 Å². The van der Waals surface area contributed by atoms with Crippen LogP contribution in [0.4, 0.5) is 0 Å². The number of likely N-dealkylation sites (tertiary alicyclic amines) is 1. The molecule has 0 radical (unpaired) electrons. The number of hydrogen-bond acceptors (Lipinski definition) is 3. The first-order chi connectivity index (χ1) is 9.22. The molecule has 0 saturated carbocycles. The summed E-state index contributed by atoms with van der Waals surface area (Å²) in [6.45, 7) is 4.38. The average molecular weight is 262 g/mol. The van der Waals surface area contributed by atoms with E-state index in [2.05, 4.69) is 4.90 Å². The zero-order chi connectivity index (χ0) is 13.7. The molecule has 19 heavy (non-hydrogen) atoms. The number of amides is 1. The van der Waals surface area contributed by atoms with Crippen LogP contribution in [0.1, 0.15) is 31.4 Å². The summed E-state index contributed by atoms with van der Waals surface area (Å²) in [5.41, 5.74) is 6.56. The Labute approximate surface area is 114 Å². The van der Waals surface area contributed by atoms with Gasteiger partial charge in [0.25, 0.3) is 0 Å². The summed E-state index contributed by atoms with van der Waals surface area (Å²) >= 11 is 0. The van der Waals surface area contributed by atoms with Crippen molar-refractivity contribution in [1.82, 2.24) is 4.90 Å². The Bertz CT molecular complexity index is 406. The second kappa shape index (κ2) is 6.68. The lowest BCUT2D eigenvalue weighted by Gasteiger charge is -2.36. The highest BCUT2D eigenvalue weighted by Crippen LogP contribution is 2.25. The van der Waals surface area contributed by atoms with Crippen molar-refractivity contribution >= 4 is 5.91 Å². The molecule has 2 unspecified atom stereocenters. The maximum atomic E-state index is 11.8. The molecule has 1 aliphatic heterocycles. The number of nitrogens with two attached hydrogens (primary N) is 1. The van der Waals surface area contributed by atoms with Gasteiger partial charge < -0.3 is 10.5 Å². The molecule has 0 bridgehead atoms. The first kappa shape index (κ1) is 14.0. The number of nitrogens with zero attached hydrogens (tertiary/aromatic N) is 1. The fourth-order valence-corrected chi connectivity index (χ4v) is 2.76. The van der Waals surface area contributed by atoms with Crippen LogP contribution in [0.15, 0.2) is 30.3 Å². The predicted molar refractivity (Wildman–Crippen MR) is 74.6 cm³/mol. The Hall–Kier alpha value is -1.39. The second-order valence-corrected chi connectivity index (χ2v) is 4.93. The van der Waals surface area contributed by atoms with Gasteiger partial charge in [-0.15, -0.1) is 0 Å². The number of ether oxygens (including phenoxy) is 1. The normalized spacial score (nSPS) is 22.1. The SMILES string of the molecule is CCOC1CCCN(C(C(N)=O)c2ccccc2)C1. The predicted octanol–water partition coefficient (Wildman–Crippen LogP) is 1.71. The van der Waals surface area contributed by atoms with Gasteiger partial charge >= 0.3 is 0 Å². The smallest absolute Gasteiger partial charge is 0.239 e. The van der Waals surface area contributed by atoms with E-state index in [1.54, 1.807) is 0 Å². The largest absolute Gasteiger partial charge is 0.377 e. The highest BCUT2D eigenvalue weighted by atomic mass is 16.5.